The van der Waals surface area contributed by atoms with Gasteiger partial charge in [-0.05, 0) is 13.8 Å². The molecule has 0 saturated heterocycles. The van der Waals surface area contributed by atoms with Crippen LogP contribution in [0.2, 0.25) is 5.02 Å². The number of hydrogen-bond acceptors (Lipinski definition) is 4. The maximum atomic E-state index is 12.6. The van der Waals surface area contributed by atoms with Crippen molar-refractivity contribution in [2.45, 2.75) is 26.6 Å². The second-order valence-electron chi connectivity index (χ2n) is 4.27. The average Bonchev–Trinajstić information content (AvgIpc) is 2.87. The van der Waals surface area contributed by atoms with E-state index in [1.54, 1.807) is 6.92 Å². The molecule has 0 spiro atoms. The van der Waals surface area contributed by atoms with Gasteiger partial charge in [0.1, 0.15) is 12.3 Å². The van der Waals surface area contributed by atoms with E-state index in [9.17, 15) is 18.0 Å². The molecular weight excluding hydrogens is 313 g/mol. The van der Waals surface area contributed by atoms with E-state index in [4.69, 9.17) is 16.1 Å². The Morgan fingerprint density at radius 1 is 1.48 bits per heavy atom. The number of nitrogens with zero attached hydrogens (tertiary/aromatic N) is 3. The summed E-state index contributed by atoms with van der Waals surface area (Å²) in [7, 11) is 0. The van der Waals surface area contributed by atoms with Gasteiger partial charge in [0.2, 0.25) is 5.91 Å². The SMILES string of the molecule is Cc1cc(NC(=O)Cn2nc(C(F)(F)F)c(Cl)c2C)no1. The fraction of sp³-hybridized carbons (Fsp3) is 0.364. The van der Waals surface area contributed by atoms with Crippen molar-refractivity contribution in [2.75, 3.05) is 5.32 Å². The van der Waals surface area contributed by atoms with E-state index in [0.717, 1.165) is 4.68 Å². The lowest BCUT2D eigenvalue weighted by molar-refractivity contribution is -0.141. The summed E-state index contributed by atoms with van der Waals surface area (Å²) < 4.78 is 43.6. The minimum absolute atomic E-state index is 0.0514. The predicted molar refractivity (Wildman–Crippen MR) is 66.8 cm³/mol. The summed E-state index contributed by atoms with van der Waals surface area (Å²) in [5.41, 5.74) is -1.16. The minimum atomic E-state index is -4.67. The summed E-state index contributed by atoms with van der Waals surface area (Å²) in [6, 6.07) is 1.47. The van der Waals surface area contributed by atoms with Crippen molar-refractivity contribution in [3.63, 3.8) is 0 Å². The third-order valence-corrected chi connectivity index (χ3v) is 3.04. The Kier molecular flexibility index (Phi) is 3.95. The summed E-state index contributed by atoms with van der Waals surface area (Å²) in [4.78, 5) is 11.7. The van der Waals surface area contributed by atoms with Crippen molar-refractivity contribution >= 4 is 23.3 Å². The third kappa shape index (κ3) is 3.35. The fourth-order valence-electron chi connectivity index (χ4n) is 1.60. The highest BCUT2D eigenvalue weighted by molar-refractivity contribution is 6.32. The highest BCUT2D eigenvalue weighted by Gasteiger charge is 2.38. The number of carbonyl (C=O) groups is 1. The Balaban J connectivity index is 2.14. The van der Waals surface area contributed by atoms with Gasteiger partial charge in [0.15, 0.2) is 11.5 Å². The van der Waals surface area contributed by atoms with Crippen LogP contribution in [-0.4, -0.2) is 20.8 Å². The number of hydrogen-bond donors (Lipinski definition) is 1. The Morgan fingerprint density at radius 2 is 2.14 bits per heavy atom. The standard InChI is InChI=1S/C11H10ClF3N4O2/c1-5-3-7(18-21-5)16-8(20)4-19-6(2)9(12)10(17-19)11(13,14)15/h3H,4H2,1-2H3,(H,16,18,20). The number of nitrogens with one attached hydrogen (secondary N) is 1. The molecule has 1 N–H and O–H groups in total. The van der Waals surface area contributed by atoms with Crippen LogP contribution in [-0.2, 0) is 17.5 Å². The lowest BCUT2D eigenvalue weighted by atomic mass is 10.3. The van der Waals surface area contributed by atoms with Gasteiger partial charge in [-0.25, -0.2) is 0 Å². The summed E-state index contributed by atoms with van der Waals surface area (Å²) in [5, 5.41) is 8.72. The topological polar surface area (TPSA) is 73.0 Å². The number of halogens is 4. The average molecular weight is 323 g/mol. The zero-order chi connectivity index (χ0) is 15.8. The van der Waals surface area contributed by atoms with Crippen LogP contribution in [0.15, 0.2) is 10.6 Å². The smallest absolute Gasteiger partial charge is 0.360 e. The van der Waals surface area contributed by atoms with Gasteiger partial charge < -0.3 is 9.84 Å². The summed E-state index contributed by atoms with van der Waals surface area (Å²) in [5.74, 6) is 0.0618. The van der Waals surface area contributed by atoms with E-state index in [2.05, 4.69) is 15.6 Å². The number of carbonyl (C=O) groups excluding carboxylic acids is 1. The molecule has 2 aromatic rings. The first-order chi connectivity index (χ1) is 9.68. The maximum absolute atomic E-state index is 12.6. The Bertz CT molecular complexity index is 678. The number of aryl methyl sites for hydroxylation is 1. The van der Waals surface area contributed by atoms with E-state index in [-0.39, 0.29) is 11.5 Å². The second kappa shape index (κ2) is 5.40. The van der Waals surface area contributed by atoms with E-state index in [0.29, 0.717) is 5.76 Å². The molecule has 0 aromatic carbocycles. The van der Waals surface area contributed by atoms with Crippen LogP contribution in [0.4, 0.5) is 19.0 Å². The van der Waals surface area contributed by atoms with Gasteiger partial charge in [-0.3, -0.25) is 9.48 Å². The number of amides is 1. The van der Waals surface area contributed by atoms with Gasteiger partial charge in [-0.1, -0.05) is 16.8 Å². The molecule has 0 bridgehead atoms. The van der Waals surface area contributed by atoms with E-state index in [1.807, 2.05) is 0 Å². The molecule has 0 atom stereocenters. The quantitative estimate of drug-likeness (QED) is 0.943. The van der Waals surface area contributed by atoms with Crippen LogP contribution in [0.25, 0.3) is 0 Å². The van der Waals surface area contributed by atoms with Gasteiger partial charge in [0, 0.05) is 6.07 Å². The van der Waals surface area contributed by atoms with Crippen molar-refractivity contribution in [1.29, 1.82) is 0 Å². The molecule has 0 aliphatic carbocycles. The van der Waals surface area contributed by atoms with Crippen LogP contribution in [0.3, 0.4) is 0 Å². The summed E-state index contributed by atoms with van der Waals surface area (Å²) in [6.07, 6.45) is -4.67. The lowest BCUT2D eigenvalue weighted by Crippen LogP contribution is -2.21. The first-order valence-corrected chi connectivity index (χ1v) is 6.09. The van der Waals surface area contributed by atoms with Crippen LogP contribution < -0.4 is 5.32 Å². The highest BCUT2D eigenvalue weighted by atomic mass is 35.5. The molecule has 10 heteroatoms. The van der Waals surface area contributed by atoms with Crippen LogP contribution in [0.5, 0.6) is 0 Å². The number of anilines is 1. The van der Waals surface area contributed by atoms with Gasteiger partial charge in [0.25, 0.3) is 0 Å². The largest absolute Gasteiger partial charge is 0.436 e. The third-order valence-electron chi connectivity index (χ3n) is 2.59. The van der Waals surface area contributed by atoms with Gasteiger partial charge in [-0.15, -0.1) is 0 Å². The predicted octanol–water partition coefficient (Wildman–Crippen LogP) is 2.80. The normalized spacial score (nSPS) is 11.7. The highest BCUT2D eigenvalue weighted by Crippen LogP contribution is 2.35. The molecule has 2 aromatic heterocycles. The van der Waals surface area contributed by atoms with E-state index >= 15 is 0 Å². The van der Waals surface area contributed by atoms with Crippen molar-refractivity contribution in [2.24, 2.45) is 0 Å². The van der Waals surface area contributed by atoms with Crippen LogP contribution in [0, 0.1) is 13.8 Å². The minimum Gasteiger partial charge on any atom is -0.360 e. The zero-order valence-corrected chi connectivity index (χ0v) is 11.7. The molecule has 6 nitrogen and oxygen atoms in total. The molecule has 1 amide bonds. The molecule has 0 fully saturated rings. The fourth-order valence-corrected chi connectivity index (χ4v) is 1.85. The Labute approximate surface area is 121 Å². The molecule has 0 radical (unpaired) electrons. The molecule has 114 valence electrons. The van der Waals surface area contributed by atoms with E-state index in [1.165, 1.54) is 13.0 Å². The monoisotopic (exact) mass is 322 g/mol. The molecule has 0 unspecified atom stereocenters. The van der Waals surface area contributed by atoms with Crippen LogP contribution in [0.1, 0.15) is 17.1 Å². The molecule has 2 heterocycles. The molecule has 0 aliphatic rings. The van der Waals surface area contributed by atoms with Crippen LogP contribution >= 0.6 is 11.6 Å². The summed E-state index contributed by atoms with van der Waals surface area (Å²) in [6.45, 7) is 2.56. The molecular formula is C11H10ClF3N4O2. The molecule has 0 saturated carbocycles. The molecule has 2 rings (SSSR count). The Hall–Kier alpha value is -2.03. The number of alkyl halides is 3. The van der Waals surface area contributed by atoms with Crippen molar-refractivity contribution in [1.82, 2.24) is 14.9 Å². The maximum Gasteiger partial charge on any atom is 0.436 e. The lowest BCUT2D eigenvalue weighted by Gasteiger charge is -2.04. The first kappa shape index (κ1) is 15.4. The van der Waals surface area contributed by atoms with Gasteiger partial charge in [-0.2, -0.15) is 18.3 Å². The van der Waals surface area contributed by atoms with Crippen molar-refractivity contribution < 1.29 is 22.5 Å². The molecule has 0 aliphatic heterocycles. The Morgan fingerprint density at radius 3 is 2.62 bits per heavy atom. The second-order valence-corrected chi connectivity index (χ2v) is 4.65. The van der Waals surface area contributed by atoms with Gasteiger partial charge in [0.05, 0.1) is 10.7 Å². The molecule has 21 heavy (non-hydrogen) atoms. The summed E-state index contributed by atoms with van der Waals surface area (Å²) >= 11 is 5.58. The van der Waals surface area contributed by atoms with Gasteiger partial charge >= 0.3 is 6.18 Å². The first-order valence-electron chi connectivity index (χ1n) is 5.71. The van der Waals surface area contributed by atoms with E-state index < -0.39 is 29.3 Å². The van der Waals surface area contributed by atoms with Crippen molar-refractivity contribution in [3.05, 3.63) is 28.2 Å². The zero-order valence-electron chi connectivity index (χ0n) is 11.0. The number of aromatic nitrogens is 3. The van der Waals surface area contributed by atoms with Crippen molar-refractivity contribution in [3.8, 4) is 0 Å². The number of rotatable bonds is 3.